The third kappa shape index (κ3) is 2.27. The smallest absolute Gasteiger partial charge is 0.313 e. The van der Waals surface area contributed by atoms with Gasteiger partial charge in [0.2, 0.25) is 4.96 Å². The molecule has 90 valence electrons. The zero-order valence-corrected chi connectivity index (χ0v) is 10.5. The van der Waals surface area contributed by atoms with Crippen LogP contribution in [-0.2, 0) is 10.5 Å². The van der Waals surface area contributed by atoms with Crippen LogP contribution >= 0.6 is 23.1 Å². The summed E-state index contributed by atoms with van der Waals surface area (Å²) in [5.41, 5.74) is 0. The van der Waals surface area contributed by atoms with Gasteiger partial charge in [-0.25, -0.2) is 0 Å². The molecule has 1 aliphatic carbocycles. The first-order valence-electron chi connectivity index (χ1n) is 5.24. The molecule has 0 atom stereocenters. The van der Waals surface area contributed by atoms with Gasteiger partial charge in [-0.1, -0.05) is 11.3 Å². The predicted molar refractivity (Wildman–Crippen MR) is 64.4 cm³/mol. The van der Waals surface area contributed by atoms with Gasteiger partial charge in [0, 0.05) is 11.7 Å². The maximum Gasteiger partial charge on any atom is 0.313 e. The van der Waals surface area contributed by atoms with Crippen molar-refractivity contribution >= 4 is 34.0 Å². The monoisotopic (exact) mass is 270 g/mol. The Labute approximate surface area is 105 Å². The molecule has 1 fully saturated rings. The highest BCUT2D eigenvalue weighted by Gasteiger charge is 2.29. The van der Waals surface area contributed by atoms with Gasteiger partial charge >= 0.3 is 5.97 Å². The molecule has 0 unspecified atom stereocenters. The van der Waals surface area contributed by atoms with Crippen molar-refractivity contribution in [1.82, 2.24) is 19.8 Å². The maximum atomic E-state index is 10.4. The Morgan fingerprint density at radius 2 is 2.35 bits per heavy atom. The van der Waals surface area contributed by atoms with E-state index in [1.54, 1.807) is 4.52 Å². The van der Waals surface area contributed by atoms with Crippen LogP contribution in [0.15, 0.2) is 0 Å². The van der Waals surface area contributed by atoms with Crippen LogP contribution in [0.2, 0.25) is 0 Å². The van der Waals surface area contributed by atoms with Crippen molar-refractivity contribution < 1.29 is 9.90 Å². The Balaban J connectivity index is 1.75. The molecule has 1 saturated carbocycles. The van der Waals surface area contributed by atoms with Gasteiger partial charge in [-0.3, -0.25) is 4.79 Å². The predicted octanol–water partition coefficient (Wildman–Crippen LogP) is 1.38. The molecular weight excluding hydrogens is 260 g/mol. The molecule has 0 amide bonds. The molecule has 6 nitrogen and oxygen atoms in total. The fourth-order valence-electron chi connectivity index (χ4n) is 1.55. The van der Waals surface area contributed by atoms with E-state index in [9.17, 15) is 4.79 Å². The van der Waals surface area contributed by atoms with E-state index >= 15 is 0 Å². The summed E-state index contributed by atoms with van der Waals surface area (Å²) in [6, 6.07) is 0. The van der Waals surface area contributed by atoms with Crippen LogP contribution < -0.4 is 0 Å². The topological polar surface area (TPSA) is 80.4 Å². The van der Waals surface area contributed by atoms with E-state index in [1.165, 1.54) is 35.9 Å². The van der Waals surface area contributed by atoms with Gasteiger partial charge in [-0.05, 0) is 12.8 Å². The van der Waals surface area contributed by atoms with Crippen LogP contribution in [0.5, 0.6) is 0 Å². The third-order valence-corrected chi connectivity index (χ3v) is 4.46. The Morgan fingerprint density at radius 1 is 1.53 bits per heavy atom. The lowest BCUT2D eigenvalue weighted by Gasteiger charge is -1.93. The molecule has 0 saturated heterocycles. The molecule has 2 heterocycles. The Bertz CT molecular complexity index is 560. The van der Waals surface area contributed by atoms with E-state index in [-0.39, 0.29) is 5.75 Å². The first kappa shape index (κ1) is 11.0. The summed E-state index contributed by atoms with van der Waals surface area (Å²) in [6.07, 6.45) is 2.34. The van der Waals surface area contributed by atoms with Crippen LogP contribution in [-0.4, -0.2) is 36.6 Å². The van der Waals surface area contributed by atoms with E-state index in [1.807, 2.05) is 0 Å². The molecule has 17 heavy (non-hydrogen) atoms. The molecule has 1 N–H and O–H groups in total. The second-order valence-corrected chi connectivity index (χ2v) is 5.94. The van der Waals surface area contributed by atoms with Gasteiger partial charge in [0.25, 0.3) is 0 Å². The number of carbonyl (C=O) groups is 1. The van der Waals surface area contributed by atoms with Crippen molar-refractivity contribution in [1.29, 1.82) is 0 Å². The Hall–Kier alpha value is -1.15. The number of hydrogen-bond donors (Lipinski definition) is 1. The van der Waals surface area contributed by atoms with E-state index in [4.69, 9.17) is 5.11 Å². The van der Waals surface area contributed by atoms with Gasteiger partial charge in [-0.15, -0.1) is 22.0 Å². The van der Waals surface area contributed by atoms with Gasteiger partial charge < -0.3 is 5.11 Å². The molecule has 0 spiro atoms. The van der Waals surface area contributed by atoms with Gasteiger partial charge in [-0.2, -0.15) is 9.61 Å². The summed E-state index contributed by atoms with van der Waals surface area (Å²) in [6.45, 7) is 0. The number of rotatable bonds is 5. The number of hydrogen-bond acceptors (Lipinski definition) is 6. The molecule has 8 heteroatoms. The fourth-order valence-corrected chi connectivity index (χ4v) is 3.18. The first-order valence-corrected chi connectivity index (χ1v) is 7.21. The zero-order valence-electron chi connectivity index (χ0n) is 8.87. The molecule has 0 bridgehead atoms. The summed E-state index contributed by atoms with van der Waals surface area (Å²) < 4.78 is 1.80. The molecular formula is C9H10N4O2S2. The summed E-state index contributed by atoms with van der Waals surface area (Å²) in [5.74, 6) is 1.40. The van der Waals surface area contributed by atoms with Crippen LogP contribution in [0.4, 0.5) is 0 Å². The molecule has 0 aromatic carbocycles. The van der Waals surface area contributed by atoms with Crippen molar-refractivity contribution in [3.05, 3.63) is 10.8 Å². The van der Waals surface area contributed by atoms with Gasteiger partial charge in [0.05, 0.1) is 5.75 Å². The first-order chi connectivity index (χ1) is 8.24. The van der Waals surface area contributed by atoms with Crippen molar-refractivity contribution in [2.75, 3.05) is 5.75 Å². The number of carboxylic acid groups (broad SMARTS) is 1. The SMILES string of the molecule is O=C(O)CSCc1nn2c(C3CC3)nnc2s1. The van der Waals surface area contributed by atoms with Crippen LogP contribution in [0.25, 0.3) is 4.96 Å². The molecule has 0 aliphatic heterocycles. The summed E-state index contributed by atoms with van der Waals surface area (Å²) in [4.78, 5) is 11.2. The van der Waals surface area contributed by atoms with Gasteiger partial charge in [0.1, 0.15) is 5.01 Å². The summed E-state index contributed by atoms with van der Waals surface area (Å²) in [7, 11) is 0. The lowest BCUT2D eigenvalue weighted by Crippen LogP contribution is -1.98. The average Bonchev–Trinajstić information content (AvgIpc) is 2.90. The third-order valence-electron chi connectivity index (χ3n) is 2.45. The minimum absolute atomic E-state index is 0.107. The average molecular weight is 270 g/mol. The number of aliphatic carboxylic acids is 1. The van der Waals surface area contributed by atoms with Crippen molar-refractivity contribution in [2.24, 2.45) is 0 Å². The minimum Gasteiger partial charge on any atom is -0.481 e. The van der Waals surface area contributed by atoms with Crippen LogP contribution in [0.1, 0.15) is 29.6 Å². The standard InChI is InChI=1S/C9H10N4O2S2/c14-7(15)4-16-3-6-12-13-8(5-1-2-5)10-11-9(13)17-6/h5H,1-4H2,(H,14,15). The largest absolute Gasteiger partial charge is 0.481 e. The molecule has 3 rings (SSSR count). The highest BCUT2D eigenvalue weighted by Crippen LogP contribution is 2.39. The van der Waals surface area contributed by atoms with Crippen molar-refractivity contribution in [3.8, 4) is 0 Å². The quantitative estimate of drug-likeness (QED) is 0.884. The van der Waals surface area contributed by atoms with E-state index in [2.05, 4.69) is 15.3 Å². The van der Waals surface area contributed by atoms with Crippen molar-refractivity contribution in [3.63, 3.8) is 0 Å². The molecule has 0 radical (unpaired) electrons. The normalized spacial score (nSPS) is 15.5. The highest BCUT2D eigenvalue weighted by atomic mass is 32.2. The molecule has 1 aliphatic rings. The molecule has 2 aromatic rings. The number of aromatic nitrogens is 4. The second-order valence-electron chi connectivity index (χ2n) is 3.91. The van der Waals surface area contributed by atoms with E-state index in [0.29, 0.717) is 11.7 Å². The number of thioether (sulfide) groups is 1. The Morgan fingerprint density at radius 3 is 3.06 bits per heavy atom. The zero-order chi connectivity index (χ0) is 11.8. The van der Waals surface area contributed by atoms with Crippen molar-refractivity contribution in [2.45, 2.75) is 24.5 Å². The lowest BCUT2D eigenvalue weighted by atomic mass is 10.4. The number of carboxylic acids is 1. The number of nitrogens with zero attached hydrogens (tertiary/aromatic N) is 4. The molecule has 2 aromatic heterocycles. The van der Waals surface area contributed by atoms with Gasteiger partial charge in [0.15, 0.2) is 5.82 Å². The lowest BCUT2D eigenvalue weighted by molar-refractivity contribution is -0.133. The minimum atomic E-state index is -0.795. The van der Waals surface area contributed by atoms with E-state index in [0.717, 1.165) is 15.8 Å². The van der Waals surface area contributed by atoms with Crippen LogP contribution in [0, 0.1) is 0 Å². The number of fused-ring (bicyclic) bond motifs is 1. The summed E-state index contributed by atoms with van der Waals surface area (Å²) in [5, 5.41) is 22.1. The highest BCUT2D eigenvalue weighted by molar-refractivity contribution is 7.99. The van der Waals surface area contributed by atoms with E-state index < -0.39 is 5.97 Å². The van der Waals surface area contributed by atoms with Crippen LogP contribution in [0.3, 0.4) is 0 Å². The Kier molecular flexibility index (Phi) is 2.75. The maximum absolute atomic E-state index is 10.4. The summed E-state index contributed by atoms with van der Waals surface area (Å²) >= 11 is 2.83. The second kappa shape index (κ2) is 4.26. The fraction of sp³-hybridized carbons (Fsp3) is 0.556.